The molecule has 26 heavy (non-hydrogen) atoms. The molecule has 0 atom stereocenters. The van der Waals surface area contributed by atoms with Gasteiger partial charge in [0.05, 0.1) is 11.6 Å². The average molecular weight is 342 g/mol. The van der Waals surface area contributed by atoms with Gasteiger partial charge in [0.2, 0.25) is 0 Å². The molecular formula is C22H15FN2O. The fourth-order valence-corrected chi connectivity index (χ4v) is 3.42. The number of nitrogens with one attached hydrogen (secondary N) is 1. The molecule has 0 aromatic heterocycles. The van der Waals surface area contributed by atoms with E-state index >= 15 is 0 Å². The Morgan fingerprint density at radius 1 is 1.00 bits per heavy atom. The highest BCUT2D eigenvalue weighted by atomic mass is 19.1. The Morgan fingerprint density at radius 3 is 2.62 bits per heavy atom. The predicted molar refractivity (Wildman–Crippen MR) is 97.9 cm³/mol. The van der Waals surface area contributed by atoms with Crippen LogP contribution in [0.15, 0.2) is 54.6 Å². The lowest BCUT2D eigenvalue weighted by Crippen LogP contribution is -2.12. The van der Waals surface area contributed by atoms with Crippen molar-refractivity contribution in [1.29, 1.82) is 5.26 Å². The molecule has 1 aliphatic heterocycles. The van der Waals surface area contributed by atoms with Crippen molar-refractivity contribution in [3.05, 3.63) is 82.7 Å². The summed E-state index contributed by atoms with van der Waals surface area (Å²) in [6, 6.07) is 18.0. The van der Waals surface area contributed by atoms with Crippen LogP contribution < -0.4 is 5.32 Å². The van der Waals surface area contributed by atoms with E-state index < -0.39 is 0 Å². The first kappa shape index (κ1) is 16.0. The molecule has 0 saturated heterocycles. The molecule has 1 aliphatic rings. The number of aryl methyl sites for hydroxylation is 1. The molecule has 0 saturated carbocycles. The first-order valence-corrected chi connectivity index (χ1v) is 8.29. The van der Waals surface area contributed by atoms with Crippen LogP contribution in [0.1, 0.15) is 27.0 Å². The third-order valence-electron chi connectivity index (χ3n) is 4.71. The van der Waals surface area contributed by atoms with Crippen molar-refractivity contribution in [2.24, 2.45) is 0 Å². The fourth-order valence-electron chi connectivity index (χ4n) is 3.42. The molecule has 3 aromatic carbocycles. The standard InChI is InChI=1S/C22H15FN2O/c1-13-7-17(23)5-6-18(13)21-10-20-16(12-25-22(20)26)9-19(21)15-4-2-3-14(8-15)11-24/h2-10H,12H2,1H3,(H,25,26). The minimum absolute atomic E-state index is 0.0988. The van der Waals surface area contributed by atoms with Gasteiger partial charge in [0.1, 0.15) is 5.82 Å². The number of nitrogens with zero attached hydrogens (tertiary/aromatic N) is 1. The van der Waals surface area contributed by atoms with E-state index in [0.717, 1.165) is 33.4 Å². The van der Waals surface area contributed by atoms with Crippen molar-refractivity contribution in [1.82, 2.24) is 5.32 Å². The van der Waals surface area contributed by atoms with Crippen LogP contribution in [0.25, 0.3) is 22.3 Å². The van der Waals surface area contributed by atoms with Crippen LogP contribution in [0.4, 0.5) is 4.39 Å². The third-order valence-corrected chi connectivity index (χ3v) is 4.71. The summed E-state index contributed by atoms with van der Waals surface area (Å²) in [6.07, 6.45) is 0. The van der Waals surface area contributed by atoms with Crippen molar-refractivity contribution < 1.29 is 9.18 Å². The highest BCUT2D eigenvalue weighted by Gasteiger charge is 2.23. The zero-order chi connectivity index (χ0) is 18.3. The van der Waals surface area contributed by atoms with Crippen molar-refractivity contribution in [2.75, 3.05) is 0 Å². The molecule has 0 spiro atoms. The number of benzene rings is 3. The van der Waals surface area contributed by atoms with Gasteiger partial charge in [-0.05, 0) is 76.7 Å². The van der Waals surface area contributed by atoms with Gasteiger partial charge in [-0.15, -0.1) is 0 Å². The lowest BCUT2D eigenvalue weighted by Gasteiger charge is -2.15. The Bertz CT molecular complexity index is 1100. The molecule has 0 aliphatic carbocycles. The van der Waals surface area contributed by atoms with Crippen LogP contribution in [0.5, 0.6) is 0 Å². The van der Waals surface area contributed by atoms with Crippen LogP contribution in [0.3, 0.4) is 0 Å². The number of amides is 1. The molecule has 0 bridgehead atoms. The minimum atomic E-state index is -0.293. The van der Waals surface area contributed by atoms with E-state index in [0.29, 0.717) is 17.7 Å². The monoisotopic (exact) mass is 342 g/mol. The van der Waals surface area contributed by atoms with Gasteiger partial charge in [-0.3, -0.25) is 4.79 Å². The van der Waals surface area contributed by atoms with Crippen molar-refractivity contribution >= 4 is 5.91 Å². The van der Waals surface area contributed by atoms with Crippen molar-refractivity contribution in [3.63, 3.8) is 0 Å². The molecule has 4 heteroatoms. The van der Waals surface area contributed by atoms with E-state index in [1.807, 2.05) is 37.3 Å². The number of fused-ring (bicyclic) bond motifs is 1. The normalized spacial score (nSPS) is 12.4. The maximum atomic E-state index is 13.6. The molecule has 0 radical (unpaired) electrons. The average Bonchev–Trinajstić information content (AvgIpc) is 3.01. The molecular weight excluding hydrogens is 327 g/mol. The maximum absolute atomic E-state index is 13.6. The number of carbonyl (C=O) groups excluding carboxylic acids is 1. The first-order valence-electron chi connectivity index (χ1n) is 8.29. The van der Waals surface area contributed by atoms with Crippen LogP contribution >= 0.6 is 0 Å². The van der Waals surface area contributed by atoms with Crippen molar-refractivity contribution in [3.8, 4) is 28.3 Å². The Hall–Kier alpha value is -3.45. The van der Waals surface area contributed by atoms with E-state index in [2.05, 4.69) is 11.4 Å². The van der Waals surface area contributed by atoms with Gasteiger partial charge in [-0.2, -0.15) is 5.26 Å². The molecule has 126 valence electrons. The Morgan fingerprint density at radius 2 is 1.85 bits per heavy atom. The number of halogens is 1. The van der Waals surface area contributed by atoms with Crippen molar-refractivity contribution in [2.45, 2.75) is 13.5 Å². The van der Waals surface area contributed by atoms with Gasteiger partial charge in [0.15, 0.2) is 0 Å². The maximum Gasteiger partial charge on any atom is 0.251 e. The van der Waals surface area contributed by atoms with Gasteiger partial charge in [0.25, 0.3) is 5.91 Å². The number of rotatable bonds is 2. The molecule has 1 heterocycles. The van der Waals surface area contributed by atoms with Gasteiger partial charge in [-0.25, -0.2) is 4.39 Å². The summed E-state index contributed by atoms with van der Waals surface area (Å²) in [5.74, 6) is -0.392. The molecule has 4 rings (SSSR count). The molecule has 1 N–H and O–H groups in total. The second kappa shape index (κ2) is 6.12. The van der Waals surface area contributed by atoms with Gasteiger partial charge >= 0.3 is 0 Å². The smallest absolute Gasteiger partial charge is 0.251 e. The summed E-state index contributed by atoms with van der Waals surface area (Å²) in [6.45, 7) is 2.34. The molecule has 3 aromatic rings. The Balaban J connectivity index is 2.01. The summed E-state index contributed by atoms with van der Waals surface area (Å²) in [5.41, 5.74) is 6.47. The largest absolute Gasteiger partial charge is 0.348 e. The molecule has 3 nitrogen and oxygen atoms in total. The second-order valence-corrected chi connectivity index (χ2v) is 6.39. The lowest BCUT2D eigenvalue weighted by atomic mass is 9.88. The highest BCUT2D eigenvalue weighted by molar-refractivity contribution is 6.01. The van der Waals surface area contributed by atoms with E-state index in [9.17, 15) is 14.4 Å². The zero-order valence-corrected chi connectivity index (χ0v) is 14.1. The summed E-state index contributed by atoms with van der Waals surface area (Å²) in [5, 5.41) is 12.1. The van der Waals surface area contributed by atoms with E-state index in [1.165, 1.54) is 12.1 Å². The fraction of sp³-hybridized carbons (Fsp3) is 0.0909. The minimum Gasteiger partial charge on any atom is -0.348 e. The van der Waals surface area contributed by atoms with Crippen LogP contribution in [-0.2, 0) is 6.54 Å². The van der Waals surface area contributed by atoms with Crippen LogP contribution in [0, 0.1) is 24.1 Å². The summed E-state index contributed by atoms with van der Waals surface area (Å²) < 4.78 is 13.6. The van der Waals surface area contributed by atoms with E-state index in [4.69, 9.17) is 0 Å². The summed E-state index contributed by atoms with van der Waals surface area (Å²) in [7, 11) is 0. The lowest BCUT2D eigenvalue weighted by molar-refractivity contribution is 0.0966. The topological polar surface area (TPSA) is 52.9 Å². The molecule has 0 unspecified atom stereocenters. The predicted octanol–water partition coefficient (Wildman–Crippen LogP) is 4.58. The molecule has 0 fully saturated rings. The number of hydrogen-bond donors (Lipinski definition) is 1. The van der Waals surface area contributed by atoms with E-state index in [1.54, 1.807) is 12.1 Å². The van der Waals surface area contributed by atoms with Crippen LogP contribution in [-0.4, -0.2) is 5.91 Å². The van der Waals surface area contributed by atoms with Gasteiger partial charge in [0, 0.05) is 12.1 Å². The number of carbonyl (C=O) groups is 1. The summed E-state index contributed by atoms with van der Waals surface area (Å²) in [4.78, 5) is 12.1. The third kappa shape index (κ3) is 2.64. The SMILES string of the molecule is Cc1cc(F)ccc1-c1cc2c(cc1-c1cccc(C#N)c1)CNC2=O. The van der Waals surface area contributed by atoms with Gasteiger partial charge < -0.3 is 5.32 Å². The summed E-state index contributed by atoms with van der Waals surface area (Å²) >= 11 is 0. The Labute approximate surface area is 150 Å². The number of nitriles is 1. The zero-order valence-electron chi connectivity index (χ0n) is 14.1. The van der Waals surface area contributed by atoms with Crippen LogP contribution in [0.2, 0.25) is 0 Å². The second-order valence-electron chi connectivity index (χ2n) is 6.39. The quantitative estimate of drug-likeness (QED) is 0.741. The van der Waals surface area contributed by atoms with Gasteiger partial charge in [-0.1, -0.05) is 18.2 Å². The van der Waals surface area contributed by atoms with E-state index in [-0.39, 0.29) is 11.7 Å². The highest BCUT2D eigenvalue weighted by Crippen LogP contribution is 2.37. The first-order chi connectivity index (χ1) is 12.6. The molecule has 1 amide bonds. The number of hydrogen-bond acceptors (Lipinski definition) is 2. The Kier molecular flexibility index (Phi) is 3.78.